The average molecular weight is 196 g/mol. The number of hydrogen-bond donors (Lipinski definition) is 2. The minimum atomic E-state index is -0.797. The Balaban J connectivity index is 0. The first-order chi connectivity index (χ1) is 4.92. The number of halogens is 1. The first-order valence-electron chi connectivity index (χ1n) is 3.86. The normalized spacial score (nSPS) is 15.1. The lowest BCUT2D eigenvalue weighted by molar-refractivity contribution is -0.148. The van der Waals surface area contributed by atoms with Gasteiger partial charge in [0.2, 0.25) is 0 Å². The smallest absolute Gasteiger partial charge is 0.310 e. The summed E-state index contributed by atoms with van der Waals surface area (Å²) in [5, 5.41) is 8.80. The highest BCUT2D eigenvalue weighted by Gasteiger charge is 2.31. The molecule has 0 aliphatic carbocycles. The first kappa shape index (κ1) is 14.3. The fourth-order valence-electron chi connectivity index (χ4n) is 1.16. The Bertz CT molecular complexity index is 150. The number of rotatable bonds is 4. The van der Waals surface area contributed by atoms with E-state index in [9.17, 15) is 4.79 Å². The Morgan fingerprint density at radius 3 is 2.08 bits per heavy atom. The Kier molecular flexibility index (Phi) is 6.39. The summed E-state index contributed by atoms with van der Waals surface area (Å²) < 4.78 is 0. The van der Waals surface area contributed by atoms with Crippen LogP contribution in [0.2, 0.25) is 0 Å². The summed E-state index contributed by atoms with van der Waals surface area (Å²) in [4.78, 5) is 10.7. The second-order valence-electron chi connectivity index (χ2n) is 3.67. The van der Waals surface area contributed by atoms with Crippen LogP contribution in [0.25, 0.3) is 0 Å². The summed E-state index contributed by atoms with van der Waals surface area (Å²) in [6.07, 6.45) is 0.638. The molecule has 12 heavy (non-hydrogen) atoms. The molecule has 74 valence electrons. The second-order valence-corrected chi connectivity index (χ2v) is 3.67. The van der Waals surface area contributed by atoms with Gasteiger partial charge < -0.3 is 10.8 Å². The SMILES string of the molecule is CC(C)CC(C)(CN)C(=O)O.Cl. The molecule has 1 unspecified atom stereocenters. The highest BCUT2D eigenvalue weighted by Crippen LogP contribution is 2.24. The molecule has 0 amide bonds. The Hall–Kier alpha value is -0.280. The lowest BCUT2D eigenvalue weighted by Crippen LogP contribution is -2.36. The number of aliphatic carboxylic acids is 1. The van der Waals surface area contributed by atoms with E-state index < -0.39 is 11.4 Å². The molecule has 4 heteroatoms. The van der Waals surface area contributed by atoms with E-state index in [4.69, 9.17) is 10.8 Å². The largest absolute Gasteiger partial charge is 0.481 e. The van der Waals surface area contributed by atoms with E-state index in [2.05, 4.69) is 0 Å². The van der Waals surface area contributed by atoms with Crippen molar-refractivity contribution in [3.05, 3.63) is 0 Å². The molecule has 0 heterocycles. The molecule has 0 aromatic rings. The summed E-state index contributed by atoms with van der Waals surface area (Å²) in [6.45, 7) is 5.89. The highest BCUT2D eigenvalue weighted by molar-refractivity contribution is 5.85. The van der Waals surface area contributed by atoms with Crippen molar-refractivity contribution in [2.45, 2.75) is 27.2 Å². The van der Waals surface area contributed by atoms with Crippen LogP contribution in [0.5, 0.6) is 0 Å². The molecule has 0 aromatic heterocycles. The molecule has 0 saturated heterocycles. The van der Waals surface area contributed by atoms with Gasteiger partial charge in [-0.2, -0.15) is 0 Å². The van der Waals surface area contributed by atoms with Crippen molar-refractivity contribution in [2.75, 3.05) is 6.54 Å². The lowest BCUT2D eigenvalue weighted by atomic mass is 9.82. The number of nitrogens with two attached hydrogens (primary N) is 1. The summed E-state index contributed by atoms with van der Waals surface area (Å²) in [5.41, 5.74) is 4.63. The number of hydrogen-bond acceptors (Lipinski definition) is 2. The lowest BCUT2D eigenvalue weighted by Gasteiger charge is -2.24. The number of carbonyl (C=O) groups is 1. The van der Waals surface area contributed by atoms with Crippen LogP contribution in [0.4, 0.5) is 0 Å². The zero-order valence-corrected chi connectivity index (χ0v) is 8.65. The fourth-order valence-corrected chi connectivity index (χ4v) is 1.16. The van der Waals surface area contributed by atoms with Crippen LogP contribution in [-0.4, -0.2) is 17.6 Å². The molecule has 0 saturated carbocycles. The molecular formula is C8H18ClNO2. The van der Waals surface area contributed by atoms with Crippen molar-refractivity contribution in [1.29, 1.82) is 0 Å². The molecule has 3 N–H and O–H groups in total. The predicted molar refractivity (Wildman–Crippen MR) is 51.5 cm³/mol. The monoisotopic (exact) mass is 195 g/mol. The van der Waals surface area contributed by atoms with Gasteiger partial charge in [-0.3, -0.25) is 4.79 Å². The van der Waals surface area contributed by atoms with Crippen LogP contribution in [-0.2, 0) is 4.79 Å². The van der Waals surface area contributed by atoms with Gasteiger partial charge in [-0.05, 0) is 19.3 Å². The van der Waals surface area contributed by atoms with Crippen LogP contribution in [0, 0.1) is 11.3 Å². The van der Waals surface area contributed by atoms with Gasteiger partial charge >= 0.3 is 5.97 Å². The molecule has 0 radical (unpaired) electrons. The zero-order valence-electron chi connectivity index (χ0n) is 7.83. The van der Waals surface area contributed by atoms with Gasteiger partial charge in [-0.1, -0.05) is 13.8 Å². The van der Waals surface area contributed by atoms with E-state index in [1.165, 1.54) is 0 Å². The molecule has 0 aromatic carbocycles. The Morgan fingerprint density at radius 2 is 2.00 bits per heavy atom. The molecule has 0 bridgehead atoms. The minimum absolute atomic E-state index is 0. The van der Waals surface area contributed by atoms with Gasteiger partial charge in [0.05, 0.1) is 5.41 Å². The summed E-state index contributed by atoms with van der Waals surface area (Å²) in [6, 6.07) is 0. The summed E-state index contributed by atoms with van der Waals surface area (Å²) in [5.74, 6) is -0.423. The van der Waals surface area contributed by atoms with Crippen molar-refractivity contribution in [2.24, 2.45) is 17.1 Å². The van der Waals surface area contributed by atoms with E-state index in [1.54, 1.807) is 6.92 Å². The first-order valence-corrected chi connectivity index (χ1v) is 3.86. The van der Waals surface area contributed by atoms with Gasteiger partial charge in [0, 0.05) is 6.54 Å². The predicted octanol–water partition coefficient (Wildman–Crippen LogP) is 1.50. The van der Waals surface area contributed by atoms with Crippen LogP contribution in [0.1, 0.15) is 27.2 Å². The Labute approximate surface area is 79.7 Å². The Morgan fingerprint density at radius 1 is 1.58 bits per heavy atom. The van der Waals surface area contributed by atoms with Crippen molar-refractivity contribution in [3.8, 4) is 0 Å². The second kappa shape index (κ2) is 5.38. The molecular weight excluding hydrogens is 178 g/mol. The third-order valence-corrected chi connectivity index (χ3v) is 1.83. The maximum absolute atomic E-state index is 10.7. The molecule has 0 fully saturated rings. The quantitative estimate of drug-likeness (QED) is 0.715. The molecule has 0 aliphatic rings. The van der Waals surface area contributed by atoms with Gasteiger partial charge in [0.15, 0.2) is 0 Å². The number of carboxylic acid groups (broad SMARTS) is 1. The maximum Gasteiger partial charge on any atom is 0.310 e. The third-order valence-electron chi connectivity index (χ3n) is 1.83. The van der Waals surface area contributed by atoms with E-state index in [-0.39, 0.29) is 19.0 Å². The van der Waals surface area contributed by atoms with Gasteiger partial charge in [0.1, 0.15) is 0 Å². The van der Waals surface area contributed by atoms with Crippen molar-refractivity contribution in [3.63, 3.8) is 0 Å². The minimum Gasteiger partial charge on any atom is -0.481 e. The average Bonchev–Trinajstić information content (AvgIpc) is 1.86. The highest BCUT2D eigenvalue weighted by atomic mass is 35.5. The summed E-state index contributed by atoms with van der Waals surface area (Å²) >= 11 is 0. The van der Waals surface area contributed by atoms with E-state index in [0.717, 1.165) is 0 Å². The van der Waals surface area contributed by atoms with Gasteiger partial charge in [0.25, 0.3) is 0 Å². The van der Waals surface area contributed by atoms with E-state index >= 15 is 0 Å². The van der Waals surface area contributed by atoms with E-state index in [0.29, 0.717) is 12.3 Å². The van der Waals surface area contributed by atoms with Crippen LogP contribution in [0.15, 0.2) is 0 Å². The standard InChI is InChI=1S/C8H17NO2.ClH/c1-6(2)4-8(3,5-9)7(10)11;/h6H,4-5,9H2,1-3H3,(H,10,11);1H. The zero-order chi connectivity index (χ0) is 9.07. The van der Waals surface area contributed by atoms with Crippen molar-refractivity contribution >= 4 is 18.4 Å². The molecule has 0 rings (SSSR count). The molecule has 0 spiro atoms. The van der Waals surface area contributed by atoms with Gasteiger partial charge in [-0.25, -0.2) is 0 Å². The third kappa shape index (κ3) is 3.93. The van der Waals surface area contributed by atoms with E-state index in [1.807, 2.05) is 13.8 Å². The summed E-state index contributed by atoms with van der Waals surface area (Å²) in [7, 11) is 0. The van der Waals surface area contributed by atoms with Crippen LogP contribution >= 0.6 is 12.4 Å². The molecule has 1 atom stereocenters. The van der Waals surface area contributed by atoms with Crippen LogP contribution < -0.4 is 5.73 Å². The van der Waals surface area contributed by atoms with Crippen LogP contribution in [0.3, 0.4) is 0 Å². The topological polar surface area (TPSA) is 63.3 Å². The maximum atomic E-state index is 10.7. The van der Waals surface area contributed by atoms with Crippen molar-refractivity contribution in [1.82, 2.24) is 0 Å². The number of carboxylic acids is 1. The molecule has 3 nitrogen and oxygen atoms in total. The van der Waals surface area contributed by atoms with Crippen molar-refractivity contribution < 1.29 is 9.90 Å². The van der Waals surface area contributed by atoms with Gasteiger partial charge in [-0.15, -0.1) is 12.4 Å². The fraction of sp³-hybridized carbons (Fsp3) is 0.875. The molecule has 0 aliphatic heterocycles.